The molecule has 3 heterocycles. The van der Waals surface area contributed by atoms with Gasteiger partial charge in [0.25, 0.3) is 11.8 Å². The Labute approximate surface area is 173 Å². The maximum absolute atomic E-state index is 14.3. The van der Waals surface area contributed by atoms with Crippen molar-refractivity contribution in [2.75, 3.05) is 18.1 Å². The third kappa shape index (κ3) is 3.69. The van der Waals surface area contributed by atoms with Crippen molar-refractivity contribution in [1.29, 1.82) is 0 Å². The molecule has 0 spiro atoms. The number of ether oxygens (including phenoxy) is 2. The van der Waals surface area contributed by atoms with Gasteiger partial charge in [-0.1, -0.05) is 12.8 Å². The van der Waals surface area contributed by atoms with Gasteiger partial charge in [-0.3, -0.25) is 9.59 Å². The Morgan fingerprint density at radius 2 is 2.07 bits per heavy atom. The second kappa shape index (κ2) is 7.59. The molecule has 1 aromatic carbocycles. The van der Waals surface area contributed by atoms with Crippen molar-refractivity contribution in [1.82, 2.24) is 10.3 Å². The van der Waals surface area contributed by atoms with Crippen molar-refractivity contribution in [3.8, 4) is 11.6 Å². The molecule has 1 saturated carbocycles. The summed E-state index contributed by atoms with van der Waals surface area (Å²) in [5.41, 5.74) is 0.995. The van der Waals surface area contributed by atoms with Crippen LogP contribution in [-0.2, 0) is 11.3 Å². The lowest BCUT2D eigenvalue weighted by Crippen LogP contribution is -2.32. The molecule has 2 aliphatic heterocycles. The summed E-state index contributed by atoms with van der Waals surface area (Å²) in [5, 5.41) is 2.60. The molecule has 2 aromatic rings. The number of hydrogen-bond donors (Lipinski definition) is 1. The van der Waals surface area contributed by atoms with Crippen molar-refractivity contribution >= 4 is 17.5 Å². The van der Waals surface area contributed by atoms with E-state index in [0.29, 0.717) is 42.5 Å². The van der Waals surface area contributed by atoms with E-state index in [1.165, 1.54) is 23.8 Å². The fourth-order valence-electron chi connectivity index (χ4n) is 3.87. The molecule has 0 bridgehead atoms. The second-order valence-electron chi connectivity index (χ2n) is 7.93. The van der Waals surface area contributed by atoms with Crippen LogP contribution in [0.3, 0.4) is 0 Å². The minimum atomic E-state index is -0.682. The first-order chi connectivity index (χ1) is 14.6. The second-order valence-corrected chi connectivity index (χ2v) is 7.93. The number of rotatable bonds is 7. The SMILES string of the molecule is O=C1NCc2c(F)cc(N3CC[C@@H](Oc4ccc(OCCC5CC5)nc4)C3=O)cc21. The van der Waals surface area contributed by atoms with E-state index in [0.717, 1.165) is 12.3 Å². The zero-order valence-corrected chi connectivity index (χ0v) is 16.4. The Morgan fingerprint density at radius 1 is 1.20 bits per heavy atom. The topological polar surface area (TPSA) is 80.8 Å². The number of aromatic nitrogens is 1. The molecule has 1 aromatic heterocycles. The van der Waals surface area contributed by atoms with Crippen molar-refractivity contribution in [3.05, 3.63) is 47.4 Å². The molecule has 0 radical (unpaired) electrons. The number of anilines is 1. The smallest absolute Gasteiger partial charge is 0.268 e. The number of amides is 2. The lowest BCUT2D eigenvalue weighted by Gasteiger charge is -2.18. The molecule has 2 fully saturated rings. The highest BCUT2D eigenvalue weighted by atomic mass is 19.1. The maximum atomic E-state index is 14.3. The Kier molecular flexibility index (Phi) is 4.77. The Hall–Kier alpha value is -3.16. The van der Waals surface area contributed by atoms with Crippen LogP contribution in [0.5, 0.6) is 11.6 Å². The monoisotopic (exact) mass is 411 g/mol. The van der Waals surface area contributed by atoms with E-state index in [2.05, 4.69) is 10.3 Å². The first-order valence-electron chi connectivity index (χ1n) is 10.3. The summed E-state index contributed by atoms with van der Waals surface area (Å²) in [4.78, 5) is 30.4. The van der Waals surface area contributed by atoms with Gasteiger partial charge in [0.1, 0.15) is 11.6 Å². The number of halogens is 1. The summed E-state index contributed by atoms with van der Waals surface area (Å²) in [7, 11) is 0. The number of benzene rings is 1. The fraction of sp³-hybridized carbons (Fsp3) is 0.409. The van der Waals surface area contributed by atoms with Gasteiger partial charge >= 0.3 is 0 Å². The first-order valence-corrected chi connectivity index (χ1v) is 10.3. The molecule has 1 aliphatic carbocycles. The molecule has 1 saturated heterocycles. The van der Waals surface area contributed by atoms with E-state index < -0.39 is 11.9 Å². The van der Waals surface area contributed by atoms with E-state index in [-0.39, 0.29) is 23.9 Å². The summed E-state index contributed by atoms with van der Waals surface area (Å²) in [6, 6.07) is 6.33. The van der Waals surface area contributed by atoms with Crippen molar-refractivity contribution in [2.24, 2.45) is 5.92 Å². The molecular weight excluding hydrogens is 389 g/mol. The summed E-state index contributed by atoms with van der Waals surface area (Å²) in [6.07, 6.45) is 4.96. The Bertz CT molecular complexity index is 991. The van der Waals surface area contributed by atoms with Crippen LogP contribution in [-0.4, -0.2) is 36.1 Å². The summed E-state index contributed by atoms with van der Waals surface area (Å²) >= 11 is 0. The lowest BCUT2D eigenvalue weighted by atomic mass is 10.1. The van der Waals surface area contributed by atoms with Crippen molar-refractivity contribution in [3.63, 3.8) is 0 Å². The minimum Gasteiger partial charge on any atom is -0.479 e. The van der Waals surface area contributed by atoms with Crippen LogP contribution in [0.25, 0.3) is 0 Å². The molecule has 1 atom stereocenters. The zero-order valence-electron chi connectivity index (χ0n) is 16.4. The van der Waals surface area contributed by atoms with Gasteiger partial charge in [-0.2, -0.15) is 0 Å². The van der Waals surface area contributed by atoms with E-state index in [1.54, 1.807) is 24.4 Å². The molecule has 0 unspecified atom stereocenters. The summed E-state index contributed by atoms with van der Waals surface area (Å²) < 4.78 is 25.8. The number of fused-ring (bicyclic) bond motifs is 1. The quantitative estimate of drug-likeness (QED) is 0.758. The van der Waals surface area contributed by atoms with Gasteiger partial charge in [0.15, 0.2) is 6.10 Å². The summed E-state index contributed by atoms with van der Waals surface area (Å²) in [6.45, 7) is 1.22. The predicted octanol–water partition coefficient (Wildman–Crippen LogP) is 2.83. The van der Waals surface area contributed by atoms with E-state index in [4.69, 9.17) is 9.47 Å². The third-order valence-electron chi connectivity index (χ3n) is 5.78. The molecular formula is C22H22FN3O4. The van der Waals surface area contributed by atoms with Gasteiger partial charge in [-0.25, -0.2) is 9.37 Å². The molecule has 5 rings (SSSR count). The molecule has 30 heavy (non-hydrogen) atoms. The number of nitrogens with one attached hydrogen (secondary N) is 1. The number of nitrogens with zero attached hydrogens (tertiary/aromatic N) is 2. The normalized spacial score (nSPS) is 20.3. The number of hydrogen-bond acceptors (Lipinski definition) is 5. The number of pyridine rings is 1. The van der Waals surface area contributed by atoms with Crippen LogP contribution in [0.4, 0.5) is 10.1 Å². The van der Waals surface area contributed by atoms with E-state index in [1.807, 2.05) is 0 Å². The van der Waals surface area contributed by atoms with E-state index in [9.17, 15) is 14.0 Å². The maximum Gasteiger partial charge on any atom is 0.268 e. The van der Waals surface area contributed by atoms with E-state index >= 15 is 0 Å². The Balaban J connectivity index is 1.22. The van der Waals surface area contributed by atoms with Gasteiger partial charge in [-0.05, 0) is 30.5 Å². The van der Waals surface area contributed by atoms with Crippen molar-refractivity contribution in [2.45, 2.75) is 38.3 Å². The molecule has 156 valence electrons. The number of carbonyl (C=O) groups is 2. The minimum absolute atomic E-state index is 0.174. The highest BCUT2D eigenvalue weighted by Gasteiger charge is 2.36. The highest BCUT2D eigenvalue weighted by Crippen LogP contribution is 2.32. The van der Waals surface area contributed by atoms with Gasteiger partial charge in [-0.15, -0.1) is 0 Å². The number of carbonyl (C=O) groups excluding carboxylic acids is 2. The van der Waals surface area contributed by atoms with Crippen molar-refractivity contribution < 1.29 is 23.5 Å². The lowest BCUT2D eigenvalue weighted by molar-refractivity contribution is -0.122. The van der Waals surface area contributed by atoms with Crippen LogP contribution in [0.1, 0.15) is 41.6 Å². The largest absolute Gasteiger partial charge is 0.479 e. The highest BCUT2D eigenvalue weighted by molar-refractivity contribution is 6.03. The van der Waals surface area contributed by atoms with Crippen LogP contribution in [0, 0.1) is 11.7 Å². The van der Waals surface area contributed by atoms with Crippen LogP contribution in [0.2, 0.25) is 0 Å². The third-order valence-corrected chi connectivity index (χ3v) is 5.78. The standard InChI is InChI=1S/C22H22FN3O4/c23-18-10-14(9-16-17(18)12-25-21(16)27)26-7-5-19(22(26)28)30-15-3-4-20(24-11-15)29-8-6-13-1-2-13/h3-4,9-11,13,19H,1-2,5-8,12H2,(H,25,27)/t19-/m1/s1. The molecule has 2 amide bonds. The molecule has 1 N–H and O–H groups in total. The van der Waals surface area contributed by atoms with Crippen LogP contribution >= 0.6 is 0 Å². The zero-order chi connectivity index (χ0) is 20.7. The Morgan fingerprint density at radius 3 is 2.83 bits per heavy atom. The van der Waals surface area contributed by atoms with Crippen LogP contribution < -0.4 is 19.7 Å². The summed E-state index contributed by atoms with van der Waals surface area (Å²) in [5.74, 6) is 0.740. The van der Waals surface area contributed by atoms with Crippen LogP contribution in [0.15, 0.2) is 30.5 Å². The van der Waals surface area contributed by atoms with Gasteiger partial charge in [0.05, 0.1) is 12.8 Å². The van der Waals surface area contributed by atoms with Gasteiger partial charge < -0.3 is 19.7 Å². The molecule has 7 nitrogen and oxygen atoms in total. The average Bonchev–Trinajstić information content (AvgIpc) is 3.39. The first kappa shape index (κ1) is 18.8. The predicted molar refractivity (Wildman–Crippen MR) is 106 cm³/mol. The molecule has 3 aliphatic rings. The van der Waals surface area contributed by atoms with Gasteiger partial charge in [0.2, 0.25) is 5.88 Å². The van der Waals surface area contributed by atoms with Gasteiger partial charge in [0, 0.05) is 42.4 Å². The fourth-order valence-corrected chi connectivity index (χ4v) is 3.87. The molecule has 8 heteroatoms. The average molecular weight is 411 g/mol.